The molecule has 0 saturated carbocycles. The summed E-state index contributed by atoms with van der Waals surface area (Å²) in [6.45, 7) is 8.65. The zero-order chi connectivity index (χ0) is 24.7. The predicted octanol–water partition coefficient (Wildman–Crippen LogP) is 7.60. The van der Waals surface area contributed by atoms with Crippen LogP contribution in [0.15, 0.2) is 18.2 Å². The summed E-state index contributed by atoms with van der Waals surface area (Å²) in [4.78, 5) is 25.4. The molecule has 1 aromatic rings. The molecule has 0 spiro atoms. The highest BCUT2D eigenvalue weighted by atomic mass is 32.1. The van der Waals surface area contributed by atoms with Gasteiger partial charge >= 0.3 is 5.97 Å². The molecule has 0 aliphatic carbocycles. The van der Waals surface area contributed by atoms with Crippen molar-refractivity contribution in [2.75, 3.05) is 11.9 Å². The van der Waals surface area contributed by atoms with Gasteiger partial charge in [-0.3, -0.25) is 4.79 Å². The number of ether oxygens (including phenoxy) is 1. The van der Waals surface area contributed by atoms with Crippen molar-refractivity contribution >= 4 is 34.6 Å². The summed E-state index contributed by atoms with van der Waals surface area (Å²) < 4.78 is 5.37. The Morgan fingerprint density at radius 1 is 0.970 bits per heavy atom. The number of carbonyl (C=O) groups is 2. The predicted molar refractivity (Wildman–Crippen MR) is 140 cm³/mol. The van der Waals surface area contributed by atoms with E-state index in [9.17, 15) is 14.7 Å². The number of hydrogen-bond donors (Lipinski definition) is 2. The van der Waals surface area contributed by atoms with E-state index in [2.05, 4.69) is 12.2 Å². The number of anilines is 1. The van der Waals surface area contributed by atoms with Crippen molar-refractivity contribution in [1.29, 1.82) is 0 Å². The SMILES string of the molecule is CCCCCCCCCCCCOC(=O)c1ccc(O)c(NC(=O)CC(=S)C(C)(C)CC)c1. The molecule has 33 heavy (non-hydrogen) atoms. The quantitative estimate of drug-likeness (QED) is 0.104. The average molecular weight is 478 g/mol. The maximum Gasteiger partial charge on any atom is 0.338 e. The molecule has 0 atom stereocenters. The summed E-state index contributed by atoms with van der Waals surface area (Å²) in [5.74, 6) is -0.868. The van der Waals surface area contributed by atoms with Crippen molar-refractivity contribution < 1.29 is 19.4 Å². The third kappa shape index (κ3) is 11.6. The first kappa shape index (κ1) is 29.1. The highest BCUT2D eigenvalue weighted by Gasteiger charge is 2.23. The van der Waals surface area contributed by atoms with Gasteiger partial charge in [0.25, 0.3) is 0 Å². The largest absolute Gasteiger partial charge is 0.506 e. The summed E-state index contributed by atoms with van der Waals surface area (Å²) in [5.41, 5.74) is 0.270. The zero-order valence-corrected chi connectivity index (χ0v) is 21.8. The van der Waals surface area contributed by atoms with Crippen molar-refractivity contribution in [3.63, 3.8) is 0 Å². The van der Waals surface area contributed by atoms with E-state index in [1.165, 1.54) is 63.1 Å². The first-order valence-corrected chi connectivity index (χ1v) is 12.9. The van der Waals surface area contributed by atoms with Crippen LogP contribution < -0.4 is 5.32 Å². The smallest absolute Gasteiger partial charge is 0.338 e. The molecule has 0 unspecified atom stereocenters. The van der Waals surface area contributed by atoms with Gasteiger partial charge in [-0.25, -0.2) is 4.79 Å². The molecular formula is C27H43NO4S. The molecule has 1 rings (SSSR count). The highest BCUT2D eigenvalue weighted by molar-refractivity contribution is 7.80. The molecular weight excluding hydrogens is 434 g/mol. The van der Waals surface area contributed by atoms with Gasteiger partial charge in [-0.05, 0) is 36.5 Å². The monoisotopic (exact) mass is 477 g/mol. The minimum atomic E-state index is -0.455. The van der Waals surface area contributed by atoms with Crippen LogP contribution in [0.2, 0.25) is 0 Å². The number of unbranched alkanes of at least 4 members (excludes halogenated alkanes) is 9. The Balaban J connectivity index is 2.38. The number of benzene rings is 1. The lowest BCUT2D eigenvalue weighted by Crippen LogP contribution is -2.26. The minimum absolute atomic E-state index is 0.0863. The first-order valence-electron chi connectivity index (χ1n) is 12.5. The van der Waals surface area contributed by atoms with Gasteiger partial charge in [-0.15, -0.1) is 0 Å². The Kier molecular flexibility index (Phi) is 13.9. The van der Waals surface area contributed by atoms with Gasteiger partial charge in [0.2, 0.25) is 5.91 Å². The van der Waals surface area contributed by atoms with Gasteiger partial charge in [0, 0.05) is 4.86 Å². The van der Waals surface area contributed by atoms with E-state index in [1.807, 2.05) is 20.8 Å². The standard InChI is InChI=1S/C27H43NO4S/c1-5-7-8-9-10-11-12-13-14-15-18-32-26(31)21-16-17-23(29)22(19-21)28-25(30)20-24(33)27(3,4)6-2/h16-17,19,29H,5-15,18,20H2,1-4H3,(H,28,30). The molecule has 0 aromatic heterocycles. The second kappa shape index (κ2) is 15.8. The van der Waals surface area contributed by atoms with Crippen LogP contribution in [0.4, 0.5) is 5.69 Å². The van der Waals surface area contributed by atoms with E-state index in [0.717, 1.165) is 25.7 Å². The lowest BCUT2D eigenvalue weighted by Gasteiger charge is -2.23. The maximum atomic E-state index is 12.4. The van der Waals surface area contributed by atoms with Crippen molar-refractivity contribution in [3.05, 3.63) is 23.8 Å². The summed E-state index contributed by atoms with van der Waals surface area (Å²) in [6, 6.07) is 4.33. The maximum absolute atomic E-state index is 12.4. The third-order valence-corrected chi connectivity index (χ3v) is 6.89. The van der Waals surface area contributed by atoms with Gasteiger partial charge in [0.05, 0.1) is 24.3 Å². The zero-order valence-electron chi connectivity index (χ0n) is 21.0. The van der Waals surface area contributed by atoms with Gasteiger partial charge in [0.1, 0.15) is 5.75 Å². The van der Waals surface area contributed by atoms with Crippen LogP contribution in [0.3, 0.4) is 0 Å². The molecule has 0 heterocycles. The van der Waals surface area contributed by atoms with E-state index < -0.39 is 5.97 Å². The summed E-state index contributed by atoms with van der Waals surface area (Å²) in [6.07, 6.45) is 13.1. The molecule has 0 saturated heterocycles. The molecule has 5 nitrogen and oxygen atoms in total. The number of phenols is 1. The van der Waals surface area contributed by atoms with Crippen molar-refractivity contribution in [3.8, 4) is 5.75 Å². The number of amides is 1. The number of rotatable bonds is 17. The third-order valence-electron chi connectivity index (χ3n) is 6.20. The fourth-order valence-corrected chi connectivity index (χ4v) is 3.65. The molecule has 2 N–H and O–H groups in total. The van der Waals surface area contributed by atoms with E-state index in [1.54, 1.807) is 0 Å². The molecule has 0 bridgehead atoms. The van der Waals surface area contributed by atoms with Crippen LogP contribution in [0.5, 0.6) is 5.75 Å². The second-order valence-corrected chi connectivity index (χ2v) is 9.93. The fraction of sp³-hybridized carbons (Fsp3) is 0.667. The molecule has 1 aromatic carbocycles. The molecule has 1 amide bonds. The Morgan fingerprint density at radius 3 is 2.12 bits per heavy atom. The van der Waals surface area contributed by atoms with E-state index in [-0.39, 0.29) is 29.2 Å². The van der Waals surface area contributed by atoms with Crippen LogP contribution in [-0.4, -0.2) is 28.5 Å². The van der Waals surface area contributed by atoms with Crippen LogP contribution >= 0.6 is 12.2 Å². The normalized spacial score (nSPS) is 11.3. The van der Waals surface area contributed by atoms with Crippen LogP contribution in [0.25, 0.3) is 0 Å². The highest BCUT2D eigenvalue weighted by Crippen LogP contribution is 2.27. The number of nitrogens with one attached hydrogen (secondary N) is 1. The summed E-state index contributed by atoms with van der Waals surface area (Å²) >= 11 is 5.40. The lowest BCUT2D eigenvalue weighted by atomic mass is 9.85. The molecule has 0 aliphatic heterocycles. The Morgan fingerprint density at radius 2 is 1.55 bits per heavy atom. The van der Waals surface area contributed by atoms with Gasteiger partial charge in [-0.2, -0.15) is 0 Å². The van der Waals surface area contributed by atoms with Gasteiger partial charge < -0.3 is 15.2 Å². The number of carbonyl (C=O) groups excluding carboxylic acids is 2. The van der Waals surface area contributed by atoms with Crippen molar-refractivity contribution in [2.45, 2.75) is 105 Å². The van der Waals surface area contributed by atoms with Gasteiger partial charge in [0.15, 0.2) is 0 Å². The summed E-state index contributed by atoms with van der Waals surface area (Å²) in [7, 11) is 0. The molecule has 0 aliphatic rings. The Bertz CT molecular complexity index is 760. The van der Waals surface area contributed by atoms with E-state index in [0.29, 0.717) is 17.0 Å². The van der Waals surface area contributed by atoms with Crippen LogP contribution in [-0.2, 0) is 9.53 Å². The second-order valence-electron chi connectivity index (χ2n) is 9.44. The van der Waals surface area contributed by atoms with E-state index >= 15 is 0 Å². The first-order chi connectivity index (χ1) is 15.7. The number of thiocarbonyl (C=S) groups is 1. The fourth-order valence-electron chi connectivity index (χ4n) is 3.38. The molecule has 0 fully saturated rings. The molecule has 0 radical (unpaired) electrons. The topological polar surface area (TPSA) is 75.6 Å². The average Bonchev–Trinajstić information content (AvgIpc) is 2.78. The van der Waals surface area contributed by atoms with Gasteiger partial charge in [-0.1, -0.05) is 97.7 Å². The van der Waals surface area contributed by atoms with Crippen LogP contribution in [0.1, 0.15) is 115 Å². The number of phenolic OH excluding ortho intramolecular Hbond substituents is 1. The number of esters is 1. The number of hydrogen-bond acceptors (Lipinski definition) is 5. The summed E-state index contributed by atoms with van der Waals surface area (Å²) in [5, 5.41) is 12.7. The Hall–Kier alpha value is -1.95. The van der Waals surface area contributed by atoms with Crippen molar-refractivity contribution in [2.24, 2.45) is 5.41 Å². The minimum Gasteiger partial charge on any atom is -0.506 e. The molecule has 186 valence electrons. The lowest BCUT2D eigenvalue weighted by molar-refractivity contribution is -0.115. The van der Waals surface area contributed by atoms with Crippen LogP contribution in [0, 0.1) is 5.41 Å². The van der Waals surface area contributed by atoms with E-state index in [4.69, 9.17) is 17.0 Å². The number of aromatic hydroxyl groups is 1. The molecule has 6 heteroatoms. The van der Waals surface area contributed by atoms with Crippen molar-refractivity contribution in [1.82, 2.24) is 0 Å². The Labute approximate surface area is 205 Å².